The molecular formula is C24H34N4O4. The lowest BCUT2D eigenvalue weighted by Gasteiger charge is -2.42. The lowest BCUT2D eigenvalue weighted by molar-refractivity contribution is -0.145. The van der Waals surface area contributed by atoms with Crippen molar-refractivity contribution < 1.29 is 19.1 Å². The molecule has 0 aromatic heterocycles. The van der Waals surface area contributed by atoms with Crippen LogP contribution in [-0.4, -0.2) is 65.8 Å². The van der Waals surface area contributed by atoms with E-state index in [0.29, 0.717) is 32.4 Å². The lowest BCUT2D eigenvalue weighted by atomic mass is 9.80. The van der Waals surface area contributed by atoms with Gasteiger partial charge in [0.25, 0.3) is 0 Å². The maximum absolute atomic E-state index is 13.3. The van der Waals surface area contributed by atoms with Crippen molar-refractivity contribution in [3.63, 3.8) is 0 Å². The minimum Gasteiger partial charge on any atom is -0.493 e. The van der Waals surface area contributed by atoms with Crippen LogP contribution in [0.5, 0.6) is 11.5 Å². The van der Waals surface area contributed by atoms with Gasteiger partial charge in [-0.05, 0) is 38.8 Å². The molecule has 1 aromatic rings. The molecule has 1 fully saturated rings. The summed E-state index contributed by atoms with van der Waals surface area (Å²) < 4.78 is 11.7. The summed E-state index contributed by atoms with van der Waals surface area (Å²) in [6.07, 6.45) is 2.70. The Morgan fingerprint density at radius 2 is 1.91 bits per heavy atom. The Balaban J connectivity index is 1.68. The number of benzene rings is 1. The minimum absolute atomic E-state index is 0.0175. The van der Waals surface area contributed by atoms with E-state index >= 15 is 0 Å². The molecule has 1 aromatic carbocycles. The molecule has 0 bridgehead atoms. The topological polar surface area (TPSA) is 97.5 Å². The SMILES string of the molecule is COc1ccc(C2=NN(C3CCN(C(=O)CN)CC3)C(=O)C(C)(C)C2)c2c1OC(C)(C)C2. The molecular weight excluding hydrogens is 408 g/mol. The van der Waals surface area contributed by atoms with Gasteiger partial charge in [0.15, 0.2) is 11.5 Å². The average Bonchev–Trinajstić information content (AvgIpc) is 3.09. The fraction of sp³-hybridized carbons (Fsp3) is 0.625. The van der Waals surface area contributed by atoms with E-state index in [0.717, 1.165) is 34.8 Å². The molecule has 32 heavy (non-hydrogen) atoms. The Labute approximate surface area is 189 Å². The summed E-state index contributed by atoms with van der Waals surface area (Å²) in [7, 11) is 1.65. The third-order valence-corrected chi connectivity index (χ3v) is 6.70. The first-order valence-corrected chi connectivity index (χ1v) is 11.3. The molecule has 3 aliphatic heterocycles. The quantitative estimate of drug-likeness (QED) is 0.772. The Morgan fingerprint density at radius 1 is 1.22 bits per heavy atom. The highest BCUT2D eigenvalue weighted by Crippen LogP contribution is 2.45. The summed E-state index contributed by atoms with van der Waals surface area (Å²) in [6.45, 7) is 9.29. The van der Waals surface area contributed by atoms with Gasteiger partial charge in [0.1, 0.15) is 5.60 Å². The van der Waals surface area contributed by atoms with Crippen LogP contribution >= 0.6 is 0 Å². The van der Waals surface area contributed by atoms with E-state index in [1.165, 1.54) is 0 Å². The van der Waals surface area contributed by atoms with Crippen molar-refractivity contribution in [1.82, 2.24) is 9.91 Å². The molecule has 174 valence electrons. The number of amides is 2. The number of nitrogens with two attached hydrogens (primary N) is 1. The second-order valence-electron chi connectivity index (χ2n) is 10.2. The van der Waals surface area contributed by atoms with E-state index < -0.39 is 5.41 Å². The van der Waals surface area contributed by atoms with Gasteiger partial charge in [0.2, 0.25) is 11.8 Å². The normalized spacial score (nSPS) is 22.3. The van der Waals surface area contributed by atoms with Gasteiger partial charge in [0.05, 0.1) is 30.8 Å². The molecule has 0 spiro atoms. The molecule has 0 atom stereocenters. The van der Waals surface area contributed by atoms with Crippen LogP contribution in [0.4, 0.5) is 0 Å². The number of hydrogen-bond donors (Lipinski definition) is 1. The van der Waals surface area contributed by atoms with Gasteiger partial charge in [-0.1, -0.05) is 13.8 Å². The van der Waals surface area contributed by atoms with Gasteiger partial charge in [-0.2, -0.15) is 5.10 Å². The summed E-state index contributed by atoms with van der Waals surface area (Å²) in [4.78, 5) is 27.0. The molecule has 0 unspecified atom stereocenters. The maximum atomic E-state index is 13.3. The molecule has 3 heterocycles. The van der Waals surface area contributed by atoms with Crippen LogP contribution in [0.3, 0.4) is 0 Å². The fourth-order valence-electron chi connectivity index (χ4n) is 4.96. The lowest BCUT2D eigenvalue weighted by Crippen LogP contribution is -2.53. The van der Waals surface area contributed by atoms with Gasteiger partial charge in [-0.25, -0.2) is 5.01 Å². The summed E-state index contributed by atoms with van der Waals surface area (Å²) in [6, 6.07) is 3.93. The number of rotatable bonds is 4. The zero-order valence-corrected chi connectivity index (χ0v) is 19.7. The van der Waals surface area contributed by atoms with Crippen LogP contribution in [0.2, 0.25) is 0 Å². The number of likely N-dealkylation sites (tertiary alicyclic amines) is 1. The molecule has 4 rings (SSSR count). The first-order valence-electron chi connectivity index (χ1n) is 11.3. The van der Waals surface area contributed by atoms with Crippen molar-refractivity contribution in [1.29, 1.82) is 0 Å². The van der Waals surface area contributed by atoms with Crippen LogP contribution in [0.1, 0.15) is 58.1 Å². The smallest absolute Gasteiger partial charge is 0.248 e. The van der Waals surface area contributed by atoms with Crippen molar-refractivity contribution in [3.05, 3.63) is 23.3 Å². The van der Waals surface area contributed by atoms with E-state index in [-0.39, 0.29) is 30.0 Å². The predicted octanol–water partition coefficient (Wildman–Crippen LogP) is 2.32. The number of nitrogens with zero attached hydrogens (tertiary/aromatic N) is 3. The fourth-order valence-corrected chi connectivity index (χ4v) is 4.96. The zero-order chi connectivity index (χ0) is 23.3. The number of methoxy groups -OCH3 is 1. The average molecular weight is 443 g/mol. The van der Waals surface area contributed by atoms with Gasteiger partial charge < -0.3 is 20.1 Å². The van der Waals surface area contributed by atoms with E-state index in [1.54, 1.807) is 17.0 Å². The second-order valence-corrected chi connectivity index (χ2v) is 10.2. The molecule has 0 radical (unpaired) electrons. The first kappa shape index (κ1) is 22.6. The van der Waals surface area contributed by atoms with Crippen LogP contribution in [-0.2, 0) is 16.0 Å². The monoisotopic (exact) mass is 442 g/mol. The molecule has 2 amide bonds. The van der Waals surface area contributed by atoms with E-state index in [2.05, 4.69) is 13.8 Å². The summed E-state index contributed by atoms with van der Waals surface area (Å²) in [5, 5.41) is 6.58. The Hall–Kier alpha value is -2.61. The summed E-state index contributed by atoms with van der Waals surface area (Å²) in [5.74, 6) is 1.48. The molecule has 0 saturated carbocycles. The molecule has 2 N–H and O–H groups in total. The number of ether oxygens (including phenoxy) is 2. The Kier molecular flexibility index (Phi) is 5.69. The summed E-state index contributed by atoms with van der Waals surface area (Å²) in [5.41, 5.74) is 7.62. The van der Waals surface area contributed by atoms with Crippen LogP contribution in [0.25, 0.3) is 0 Å². The van der Waals surface area contributed by atoms with Gasteiger partial charge >= 0.3 is 0 Å². The number of hydrazone groups is 1. The number of piperidine rings is 1. The Bertz CT molecular complexity index is 961. The highest BCUT2D eigenvalue weighted by molar-refractivity contribution is 6.07. The predicted molar refractivity (Wildman–Crippen MR) is 122 cm³/mol. The number of carbonyl (C=O) groups excluding carboxylic acids is 2. The second kappa shape index (κ2) is 8.06. The summed E-state index contributed by atoms with van der Waals surface area (Å²) >= 11 is 0. The third-order valence-electron chi connectivity index (χ3n) is 6.70. The Morgan fingerprint density at radius 3 is 2.53 bits per heavy atom. The zero-order valence-electron chi connectivity index (χ0n) is 19.7. The molecule has 1 saturated heterocycles. The maximum Gasteiger partial charge on any atom is 0.248 e. The van der Waals surface area contributed by atoms with Gasteiger partial charge in [0, 0.05) is 37.1 Å². The highest BCUT2D eigenvalue weighted by Gasteiger charge is 2.43. The van der Waals surface area contributed by atoms with E-state index in [1.807, 2.05) is 26.0 Å². The van der Waals surface area contributed by atoms with Crippen molar-refractivity contribution in [2.24, 2.45) is 16.3 Å². The largest absolute Gasteiger partial charge is 0.493 e. The van der Waals surface area contributed by atoms with Crippen molar-refractivity contribution in [2.45, 2.75) is 65.0 Å². The van der Waals surface area contributed by atoms with Crippen LogP contribution in [0, 0.1) is 5.41 Å². The van der Waals surface area contributed by atoms with Gasteiger partial charge in [-0.15, -0.1) is 0 Å². The number of fused-ring (bicyclic) bond motifs is 1. The van der Waals surface area contributed by atoms with Crippen LogP contribution in [0.15, 0.2) is 17.2 Å². The van der Waals surface area contributed by atoms with Crippen LogP contribution < -0.4 is 15.2 Å². The van der Waals surface area contributed by atoms with Crippen molar-refractivity contribution >= 4 is 17.5 Å². The van der Waals surface area contributed by atoms with Gasteiger partial charge in [-0.3, -0.25) is 9.59 Å². The molecule has 8 nitrogen and oxygen atoms in total. The standard InChI is InChI=1S/C24H34N4O4/c1-23(2)13-18(16-6-7-19(31-5)21-17(16)12-24(3,4)32-21)26-28(22(23)30)15-8-10-27(11-9-15)20(29)14-25/h6-7,15H,8-14,25H2,1-5H3. The van der Waals surface area contributed by atoms with Crippen molar-refractivity contribution in [2.75, 3.05) is 26.7 Å². The first-order chi connectivity index (χ1) is 15.1. The third kappa shape index (κ3) is 3.96. The minimum atomic E-state index is -0.566. The van der Waals surface area contributed by atoms with E-state index in [9.17, 15) is 9.59 Å². The molecule has 8 heteroatoms. The number of carbonyl (C=O) groups is 2. The van der Waals surface area contributed by atoms with Crippen molar-refractivity contribution in [3.8, 4) is 11.5 Å². The highest BCUT2D eigenvalue weighted by atomic mass is 16.5. The van der Waals surface area contributed by atoms with E-state index in [4.69, 9.17) is 20.3 Å². The molecule has 0 aliphatic carbocycles. The number of hydrogen-bond acceptors (Lipinski definition) is 6. The molecule has 3 aliphatic rings.